The predicted octanol–water partition coefficient (Wildman–Crippen LogP) is 2.50. The highest BCUT2D eigenvalue weighted by molar-refractivity contribution is 5.59. The lowest BCUT2D eigenvalue weighted by molar-refractivity contribution is 0.543. The number of rotatable bonds is 2. The lowest BCUT2D eigenvalue weighted by Crippen LogP contribution is -2.01. The molecule has 88 valence electrons. The smallest absolute Gasteiger partial charge is 0.123 e. The van der Waals surface area contributed by atoms with E-state index < -0.39 is 0 Å². The summed E-state index contributed by atoms with van der Waals surface area (Å²) in [6.07, 6.45) is 6.81. The number of hydrogen-bond donors (Lipinski definition) is 1. The summed E-state index contributed by atoms with van der Waals surface area (Å²) >= 11 is 0. The van der Waals surface area contributed by atoms with E-state index in [0.29, 0.717) is 17.3 Å². The van der Waals surface area contributed by atoms with Gasteiger partial charge >= 0.3 is 0 Å². The molecule has 0 spiro atoms. The average Bonchev–Trinajstić information content (AvgIpc) is 2.75. The molecule has 1 aliphatic carbocycles. The molecule has 1 fully saturated rings. The summed E-state index contributed by atoms with van der Waals surface area (Å²) in [7, 11) is 0. The lowest BCUT2D eigenvalue weighted by Gasteiger charge is -2.09. The van der Waals surface area contributed by atoms with Crippen LogP contribution in [0.2, 0.25) is 0 Å². The first-order valence-electron chi connectivity index (χ1n) is 5.82. The third-order valence-electron chi connectivity index (χ3n) is 3.55. The van der Waals surface area contributed by atoms with Gasteiger partial charge in [0, 0.05) is 17.8 Å². The van der Waals surface area contributed by atoms with Crippen LogP contribution in [-0.4, -0.2) is 14.5 Å². The van der Waals surface area contributed by atoms with Gasteiger partial charge in [-0.3, -0.25) is 0 Å². The zero-order chi connectivity index (χ0) is 12.0. The molecule has 4 heteroatoms. The van der Waals surface area contributed by atoms with Gasteiger partial charge in [0.1, 0.15) is 5.82 Å². The number of nitrogens with zero attached hydrogens (tertiary/aromatic N) is 3. The van der Waals surface area contributed by atoms with Gasteiger partial charge in [-0.05, 0) is 24.0 Å². The minimum absolute atomic E-state index is 0.386. The van der Waals surface area contributed by atoms with Crippen molar-refractivity contribution in [2.75, 3.05) is 5.73 Å². The third kappa shape index (κ3) is 1.69. The topological polar surface area (TPSA) is 56.7 Å². The van der Waals surface area contributed by atoms with Crippen molar-refractivity contribution in [2.24, 2.45) is 5.41 Å². The molecule has 3 rings (SSSR count). The normalized spacial score (nSPS) is 21.4. The zero-order valence-electron chi connectivity index (χ0n) is 10.1. The van der Waals surface area contributed by atoms with Crippen molar-refractivity contribution < 1.29 is 0 Å². The first kappa shape index (κ1) is 10.3. The summed E-state index contributed by atoms with van der Waals surface area (Å²) in [6.45, 7) is 4.56. The molecular formula is C13H16N4. The van der Waals surface area contributed by atoms with Gasteiger partial charge in [0.25, 0.3) is 0 Å². The summed E-state index contributed by atoms with van der Waals surface area (Å²) in [5.74, 6) is 0.548. The minimum Gasteiger partial charge on any atom is -0.384 e. The molecule has 2 aromatic rings. The second-order valence-electron chi connectivity index (χ2n) is 5.37. The molecular weight excluding hydrogens is 212 g/mol. The van der Waals surface area contributed by atoms with Gasteiger partial charge in [0.15, 0.2) is 0 Å². The fraction of sp³-hybridized carbons (Fsp3) is 0.385. The molecule has 2 aromatic heterocycles. The molecule has 1 aliphatic rings. The fourth-order valence-corrected chi connectivity index (χ4v) is 2.25. The van der Waals surface area contributed by atoms with Crippen LogP contribution in [0.25, 0.3) is 11.3 Å². The number of nitrogens with two attached hydrogens (primary N) is 1. The first-order valence-corrected chi connectivity index (χ1v) is 5.82. The molecule has 17 heavy (non-hydrogen) atoms. The molecule has 0 radical (unpaired) electrons. The Morgan fingerprint density at radius 2 is 2.12 bits per heavy atom. The van der Waals surface area contributed by atoms with Gasteiger partial charge in [-0.2, -0.15) is 0 Å². The summed E-state index contributed by atoms with van der Waals surface area (Å²) in [6, 6.07) is 4.37. The van der Waals surface area contributed by atoms with Gasteiger partial charge in [0.2, 0.25) is 0 Å². The van der Waals surface area contributed by atoms with Crippen LogP contribution in [0.4, 0.5) is 5.82 Å². The number of nitrogen functional groups attached to an aromatic ring is 1. The third-order valence-corrected chi connectivity index (χ3v) is 3.55. The summed E-state index contributed by atoms with van der Waals surface area (Å²) < 4.78 is 2.24. The van der Waals surface area contributed by atoms with Crippen LogP contribution < -0.4 is 5.73 Å². The predicted molar refractivity (Wildman–Crippen MR) is 67.3 cm³/mol. The highest BCUT2D eigenvalue weighted by Crippen LogP contribution is 2.56. The van der Waals surface area contributed by atoms with Gasteiger partial charge in [-0.15, -0.1) is 0 Å². The second-order valence-corrected chi connectivity index (χ2v) is 5.37. The van der Waals surface area contributed by atoms with Crippen LogP contribution in [0.15, 0.2) is 30.9 Å². The van der Waals surface area contributed by atoms with Gasteiger partial charge < -0.3 is 10.3 Å². The van der Waals surface area contributed by atoms with E-state index in [-0.39, 0.29) is 0 Å². The van der Waals surface area contributed by atoms with Crippen molar-refractivity contribution in [1.82, 2.24) is 14.5 Å². The van der Waals surface area contributed by atoms with Crippen LogP contribution in [0.1, 0.15) is 26.3 Å². The quantitative estimate of drug-likeness (QED) is 0.859. The second kappa shape index (κ2) is 3.32. The Bertz CT molecular complexity index is 539. The number of imidazole rings is 1. The van der Waals surface area contributed by atoms with Crippen molar-refractivity contribution in [1.29, 1.82) is 0 Å². The lowest BCUT2D eigenvalue weighted by atomic mass is 10.1. The summed E-state index contributed by atoms with van der Waals surface area (Å²) in [5.41, 5.74) is 8.17. The van der Waals surface area contributed by atoms with Crippen molar-refractivity contribution >= 4 is 5.82 Å². The molecule has 1 saturated carbocycles. The van der Waals surface area contributed by atoms with E-state index in [4.69, 9.17) is 5.73 Å². The Kier molecular flexibility index (Phi) is 2.02. The Balaban J connectivity index is 1.99. The van der Waals surface area contributed by atoms with Gasteiger partial charge in [-0.25, -0.2) is 9.97 Å². The monoisotopic (exact) mass is 228 g/mol. The van der Waals surface area contributed by atoms with Crippen molar-refractivity contribution in [3.8, 4) is 11.3 Å². The van der Waals surface area contributed by atoms with E-state index >= 15 is 0 Å². The summed E-state index contributed by atoms with van der Waals surface area (Å²) in [5, 5.41) is 0. The number of hydrogen-bond acceptors (Lipinski definition) is 3. The highest BCUT2D eigenvalue weighted by Gasteiger charge is 2.47. The average molecular weight is 228 g/mol. The Morgan fingerprint density at radius 3 is 2.71 bits per heavy atom. The maximum atomic E-state index is 5.60. The number of pyridine rings is 1. The maximum Gasteiger partial charge on any atom is 0.123 e. The van der Waals surface area contributed by atoms with Crippen molar-refractivity contribution in [3.05, 3.63) is 30.9 Å². The van der Waals surface area contributed by atoms with E-state index in [1.165, 1.54) is 6.42 Å². The van der Waals surface area contributed by atoms with Crippen LogP contribution in [0.3, 0.4) is 0 Å². The highest BCUT2D eigenvalue weighted by atomic mass is 15.1. The van der Waals surface area contributed by atoms with Crippen molar-refractivity contribution in [2.45, 2.75) is 26.3 Å². The van der Waals surface area contributed by atoms with Crippen molar-refractivity contribution in [3.63, 3.8) is 0 Å². The van der Waals surface area contributed by atoms with E-state index in [1.807, 2.05) is 24.7 Å². The van der Waals surface area contributed by atoms with Gasteiger partial charge in [-0.1, -0.05) is 13.8 Å². The summed E-state index contributed by atoms with van der Waals surface area (Å²) in [4.78, 5) is 8.38. The van der Waals surface area contributed by atoms with E-state index in [1.54, 1.807) is 6.20 Å². The van der Waals surface area contributed by atoms with Crippen LogP contribution in [-0.2, 0) is 0 Å². The number of anilines is 1. The van der Waals surface area contributed by atoms with Gasteiger partial charge in [0.05, 0.1) is 18.2 Å². The zero-order valence-corrected chi connectivity index (χ0v) is 10.1. The molecule has 1 unspecified atom stereocenters. The maximum absolute atomic E-state index is 5.60. The molecule has 0 aromatic carbocycles. The van der Waals surface area contributed by atoms with E-state index in [9.17, 15) is 0 Å². The minimum atomic E-state index is 0.386. The van der Waals surface area contributed by atoms with E-state index in [0.717, 1.165) is 11.3 Å². The fourth-order valence-electron chi connectivity index (χ4n) is 2.25. The first-order chi connectivity index (χ1) is 8.08. The Labute approximate surface area is 101 Å². The van der Waals surface area contributed by atoms with Crippen LogP contribution in [0.5, 0.6) is 0 Å². The molecule has 0 aliphatic heterocycles. The molecule has 4 nitrogen and oxygen atoms in total. The Morgan fingerprint density at radius 1 is 1.35 bits per heavy atom. The SMILES string of the molecule is CC1(C)CC1n1cncc1-c1ccc(N)nc1. The molecule has 0 amide bonds. The van der Waals surface area contributed by atoms with Crippen LogP contribution in [0, 0.1) is 5.41 Å². The molecule has 0 bridgehead atoms. The molecule has 0 saturated heterocycles. The Hall–Kier alpha value is -1.84. The number of aromatic nitrogens is 3. The molecule has 1 atom stereocenters. The van der Waals surface area contributed by atoms with E-state index in [2.05, 4.69) is 28.4 Å². The standard InChI is InChI=1S/C13H16N4/c1-13(2)5-11(13)17-8-15-7-10(17)9-3-4-12(14)16-6-9/h3-4,6-8,11H,5H2,1-2H3,(H2,14,16). The van der Waals surface area contributed by atoms with Crippen LogP contribution >= 0.6 is 0 Å². The largest absolute Gasteiger partial charge is 0.384 e. The molecule has 2 heterocycles. The molecule has 2 N–H and O–H groups in total.